The molecule has 1 unspecified atom stereocenters. The number of likely N-dealkylation sites (N-methyl/N-ethyl adjacent to an activating group) is 1. The number of nitrogens with zero attached hydrogens (tertiary/aromatic N) is 1. The van der Waals surface area contributed by atoms with Crippen LogP contribution in [-0.2, 0) is 0 Å². The van der Waals surface area contributed by atoms with Gasteiger partial charge in [-0.15, -0.1) is 0 Å². The van der Waals surface area contributed by atoms with Crippen molar-refractivity contribution in [2.75, 3.05) is 26.7 Å². The van der Waals surface area contributed by atoms with E-state index in [2.05, 4.69) is 62.2 Å². The summed E-state index contributed by atoms with van der Waals surface area (Å²) >= 11 is -2.56. The van der Waals surface area contributed by atoms with Gasteiger partial charge in [0.15, 0.2) is 0 Å². The Labute approximate surface area is 224 Å². The summed E-state index contributed by atoms with van der Waals surface area (Å²) in [6.07, 6.45) is 10.2. The van der Waals surface area contributed by atoms with Gasteiger partial charge in [-0.3, -0.25) is 0 Å². The van der Waals surface area contributed by atoms with Crippen LogP contribution in [0.3, 0.4) is 0 Å². The van der Waals surface area contributed by atoms with Crippen molar-refractivity contribution < 1.29 is 9.53 Å². The van der Waals surface area contributed by atoms with Crippen LogP contribution < -0.4 is 13.6 Å². The molecule has 2 aromatic rings. The van der Waals surface area contributed by atoms with E-state index in [0.29, 0.717) is 23.9 Å². The molecule has 1 aliphatic heterocycles. The van der Waals surface area contributed by atoms with Crippen LogP contribution in [0.2, 0.25) is 13.3 Å². The Morgan fingerprint density at radius 2 is 1.72 bits per heavy atom. The van der Waals surface area contributed by atoms with Crippen molar-refractivity contribution in [3.05, 3.63) is 35.9 Å². The summed E-state index contributed by atoms with van der Waals surface area (Å²) in [6, 6.07) is 13.1. The molecule has 3 rings (SSSR count). The SMILES string of the molecule is CCC[CH2][Sn]([CH2]CCC)([CH2]CCC)[c]1ccc2cc(OC)c(C(=O)NCC3CCCN3CC)[c]c2c1. The summed E-state index contributed by atoms with van der Waals surface area (Å²) < 4.78 is 11.6. The summed E-state index contributed by atoms with van der Waals surface area (Å²) in [7, 11) is 1.65. The van der Waals surface area contributed by atoms with E-state index in [-0.39, 0.29) is 5.91 Å². The summed E-state index contributed by atoms with van der Waals surface area (Å²) in [6.45, 7) is 12.0. The van der Waals surface area contributed by atoms with Gasteiger partial charge in [0.05, 0.1) is 0 Å². The van der Waals surface area contributed by atoms with Crippen LogP contribution in [0.1, 0.15) is 89.4 Å². The molecule has 4 nitrogen and oxygen atoms in total. The molecule has 0 aliphatic carbocycles. The number of fused-ring (bicyclic) bond motifs is 1. The van der Waals surface area contributed by atoms with Crippen LogP contribution >= 0.6 is 0 Å². The molecule has 1 atom stereocenters. The fourth-order valence-electron chi connectivity index (χ4n) is 6.05. The molecule has 1 aliphatic rings. The number of benzene rings is 2. The van der Waals surface area contributed by atoms with Crippen molar-refractivity contribution >= 4 is 38.6 Å². The third-order valence-electron chi connectivity index (χ3n) is 8.34. The number of carbonyl (C=O) groups excluding carboxylic acids is 1. The van der Waals surface area contributed by atoms with Crippen molar-refractivity contribution in [2.24, 2.45) is 0 Å². The third kappa shape index (κ3) is 7.18. The Kier molecular flexibility index (Phi) is 11.9. The number of likely N-dealkylation sites (tertiary alicyclic amines) is 1. The van der Waals surface area contributed by atoms with Gasteiger partial charge in [0, 0.05) is 0 Å². The van der Waals surface area contributed by atoms with E-state index in [0.717, 1.165) is 30.3 Å². The zero-order chi connectivity index (χ0) is 26.0. The average Bonchev–Trinajstić information content (AvgIpc) is 3.38. The number of rotatable bonds is 15. The summed E-state index contributed by atoms with van der Waals surface area (Å²) in [4.78, 5) is 15.8. The summed E-state index contributed by atoms with van der Waals surface area (Å²) in [5, 5.41) is 5.38. The Hall–Kier alpha value is -1.27. The van der Waals surface area contributed by atoms with Crippen LogP contribution in [0.5, 0.6) is 5.75 Å². The molecular formula is C31H49N2O2Sn. The van der Waals surface area contributed by atoms with Gasteiger partial charge in [-0.05, 0) is 0 Å². The Bertz CT molecular complexity index is 955. The molecule has 1 fully saturated rings. The molecule has 1 saturated heterocycles. The van der Waals surface area contributed by atoms with Crippen LogP contribution in [0.4, 0.5) is 0 Å². The Morgan fingerprint density at radius 3 is 2.31 bits per heavy atom. The molecule has 0 saturated carbocycles. The second kappa shape index (κ2) is 14.6. The Balaban J connectivity index is 1.94. The van der Waals surface area contributed by atoms with Crippen molar-refractivity contribution in [2.45, 2.75) is 98.4 Å². The second-order valence-electron chi connectivity index (χ2n) is 10.7. The van der Waals surface area contributed by atoms with Crippen LogP contribution in [-0.4, -0.2) is 62.0 Å². The molecule has 36 heavy (non-hydrogen) atoms. The topological polar surface area (TPSA) is 41.6 Å². The Morgan fingerprint density at radius 1 is 1.06 bits per heavy atom. The quantitative estimate of drug-likeness (QED) is 0.226. The predicted octanol–water partition coefficient (Wildman–Crippen LogP) is 6.92. The van der Waals surface area contributed by atoms with E-state index < -0.39 is 18.4 Å². The number of hydrogen-bond donors (Lipinski definition) is 1. The van der Waals surface area contributed by atoms with Crippen LogP contribution in [0, 0.1) is 6.07 Å². The summed E-state index contributed by atoms with van der Waals surface area (Å²) in [5.41, 5.74) is 0.541. The fourth-order valence-corrected chi connectivity index (χ4v) is 22.0. The molecule has 5 heteroatoms. The van der Waals surface area contributed by atoms with Crippen molar-refractivity contribution in [3.63, 3.8) is 0 Å². The van der Waals surface area contributed by atoms with Crippen molar-refractivity contribution in [1.82, 2.24) is 10.2 Å². The van der Waals surface area contributed by atoms with E-state index in [9.17, 15) is 4.79 Å². The molecule has 0 spiro atoms. The van der Waals surface area contributed by atoms with Crippen molar-refractivity contribution in [3.8, 4) is 5.75 Å². The monoisotopic (exact) mass is 601 g/mol. The van der Waals surface area contributed by atoms with Crippen LogP contribution in [0.15, 0.2) is 24.3 Å². The van der Waals surface area contributed by atoms with Gasteiger partial charge in [0.25, 0.3) is 0 Å². The van der Waals surface area contributed by atoms with E-state index >= 15 is 0 Å². The molecule has 2 aromatic carbocycles. The number of ether oxygens (including phenoxy) is 1. The van der Waals surface area contributed by atoms with Gasteiger partial charge in [-0.2, -0.15) is 0 Å². The zero-order valence-electron chi connectivity index (χ0n) is 23.5. The van der Waals surface area contributed by atoms with Gasteiger partial charge in [-0.25, -0.2) is 0 Å². The van der Waals surface area contributed by atoms with Gasteiger partial charge in [0.2, 0.25) is 0 Å². The molecule has 199 valence electrons. The molecular weight excluding hydrogens is 551 g/mol. The number of unbranched alkanes of at least 4 members (excludes halogenated alkanes) is 3. The first-order valence-electron chi connectivity index (χ1n) is 14.6. The number of methoxy groups -OCH3 is 1. The van der Waals surface area contributed by atoms with Crippen molar-refractivity contribution in [1.29, 1.82) is 0 Å². The maximum atomic E-state index is 13.3. The van der Waals surface area contributed by atoms with Gasteiger partial charge in [0.1, 0.15) is 0 Å². The molecule has 1 amide bonds. The molecule has 1 N–H and O–H groups in total. The standard InChI is InChI=1S/C19H22N2O2.3C4H9.Sn/c1-3-21-10-6-9-16(21)13-20-19(22)17-11-14-7-4-5-8-15(14)12-18(17)23-2;3*1-3-4-2;/h5,7-8,12,16H,3,6,9-10,13H2,1-2H3,(H,20,22);3*1,3-4H2,2H3;. The predicted molar refractivity (Wildman–Crippen MR) is 156 cm³/mol. The number of hydrogen-bond acceptors (Lipinski definition) is 3. The van der Waals surface area contributed by atoms with Gasteiger partial charge >= 0.3 is 225 Å². The second-order valence-corrected chi connectivity index (χ2v) is 24.0. The average molecular weight is 600 g/mol. The first-order valence-corrected chi connectivity index (χ1v) is 22.1. The zero-order valence-corrected chi connectivity index (χ0v) is 26.4. The number of carbonyl (C=O) groups is 1. The van der Waals surface area contributed by atoms with Gasteiger partial charge < -0.3 is 0 Å². The molecule has 1 heterocycles. The number of amides is 1. The minimum absolute atomic E-state index is 0.0696. The fraction of sp³-hybridized carbons (Fsp3) is 0.645. The first kappa shape index (κ1) is 29.3. The van der Waals surface area contributed by atoms with E-state index in [1.807, 2.05) is 6.07 Å². The van der Waals surface area contributed by atoms with Gasteiger partial charge in [-0.1, -0.05) is 0 Å². The first-order chi connectivity index (χ1) is 17.5. The van der Waals surface area contributed by atoms with E-state index in [4.69, 9.17) is 4.74 Å². The van der Waals surface area contributed by atoms with Crippen LogP contribution in [0.25, 0.3) is 10.8 Å². The minimum atomic E-state index is -2.56. The third-order valence-corrected chi connectivity index (χ3v) is 23.9. The molecule has 0 aromatic heterocycles. The number of nitrogens with one attached hydrogen (secondary N) is 1. The maximum absolute atomic E-state index is 13.3. The summed E-state index contributed by atoms with van der Waals surface area (Å²) in [5.74, 6) is 0.545. The molecule has 1 radical (unpaired) electrons. The van der Waals surface area contributed by atoms with E-state index in [1.54, 1.807) is 10.7 Å². The van der Waals surface area contributed by atoms with E-state index in [1.165, 1.54) is 58.3 Å². The normalized spacial score (nSPS) is 16.5. The molecule has 0 bridgehead atoms.